The van der Waals surface area contributed by atoms with Crippen LogP contribution in [0, 0.1) is 6.92 Å². The fraction of sp³-hybridized carbons (Fsp3) is 0.0909. The van der Waals surface area contributed by atoms with E-state index in [-0.39, 0.29) is 11.5 Å². The second-order valence-corrected chi connectivity index (χ2v) is 3.96. The average molecular weight is 242 g/mol. The van der Waals surface area contributed by atoms with Crippen LogP contribution in [0.3, 0.4) is 0 Å². The summed E-state index contributed by atoms with van der Waals surface area (Å²) in [4.78, 5) is 18.0. The molecule has 1 aromatic carbocycles. The molecule has 2 aromatic heterocycles. The van der Waals surface area contributed by atoms with Crippen LogP contribution in [-0.4, -0.2) is 25.0 Å². The van der Waals surface area contributed by atoms with Gasteiger partial charge in [-0.15, -0.1) is 5.10 Å². The molecule has 0 saturated heterocycles. The monoisotopic (exact) mass is 242 g/mol. The standard InChI is InChI=1S/C11H10N6O/c1-6-2-4-7(5-3-6)17-9-8(15-16-17)10(18)14-11(12)13-9/h2-5H,1H3,(H3,12,13,14,18). The van der Waals surface area contributed by atoms with E-state index in [1.807, 2.05) is 31.2 Å². The molecule has 7 heteroatoms. The number of benzene rings is 1. The average Bonchev–Trinajstić information content (AvgIpc) is 2.74. The number of aromatic amines is 1. The number of rotatable bonds is 1. The number of nitrogen functional groups attached to an aromatic ring is 1. The second-order valence-electron chi connectivity index (χ2n) is 3.96. The van der Waals surface area contributed by atoms with E-state index in [0.29, 0.717) is 5.65 Å². The van der Waals surface area contributed by atoms with E-state index in [1.165, 1.54) is 4.68 Å². The molecule has 18 heavy (non-hydrogen) atoms. The fourth-order valence-electron chi connectivity index (χ4n) is 1.70. The van der Waals surface area contributed by atoms with Crippen molar-refractivity contribution in [3.8, 4) is 5.69 Å². The molecule has 0 aliphatic rings. The Morgan fingerprint density at radius 1 is 1.28 bits per heavy atom. The van der Waals surface area contributed by atoms with Gasteiger partial charge in [-0.05, 0) is 19.1 Å². The molecule has 3 rings (SSSR count). The molecule has 0 aliphatic carbocycles. The fourth-order valence-corrected chi connectivity index (χ4v) is 1.70. The van der Waals surface area contributed by atoms with E-state index in [4.69, 9.17) is 5.73 Å². The molecule has 3 N–H and O–H groups in total. The summed E-state index contributed by atoms with van der Waals surface area (Å²) in [5, 5.41) is 7.74. The van der Waals surface area contributed by atoms with Crippen LogP contribution in [-0.2, 0) is 0 Å². The van der Waals surface area contributed by atoms with Gasteiger partial charge < -0.3 is 5.73 Å². The van der Waals surface area contributed by atoms with Crippen LogP contribution in [0.5, 0.6) is 0 Å². The molecule has 2 heterocycles. The summed E-state index contributed by atoms with van der Waals surface area (Å²) in [6.07, 6.45) is 0. The lowest BCUT2D eigenvalue weighted by Crippen LogP contribution is -2.12. The number of H-pyrrole nitrogens is 1. The van der Waals surface area contributed by atoms with Crippen LogP contribution < -0.4 is 11.3 Å². The molecule has 0 bridgehead atoms. The number of nitrogens with two attached hydrogens (primary N) is 1. The topological polar surface area (TPSA) is 102 Å². The summed E-state index contributed by atoms with van der Waals surface area (Å²) < 4.78 is 1.49. The van der Waals surface area contributed by atoms with Crippen LogP contribution >= 0.6 is 0 Å². The van der Waals surface area contributed by atoms with Crippen LogP contribution in [0.1, 0.15) is 5.56 Å². The third-order valence-electron chi connectivity index (χ3n) is 2.61. The smallest absolute Gasteiger partial charge is 0.282 e. The van der Waals surface area contributed by atoms with Gasteiger partial charge in [0, 0.05) is 0 Å². The maximum Gasteiger partial charge on any atom is 0.282 e. The number of aromatic nitrogens is 5. The molecule has 0 unspecified atom stereocenters. The molecule has 0 atom stereocenters. The van der Waals surface area contributed by atoms with E-state index >= 15 is 0 Å². The number of hydrogen-bond acceptors (Lipinski definition) is 5. The molecular formula is C11H10N6O. The molecule has 0 amide bonds. The maximum atomic E-state index is 11.6. The molecule has 0 spiro atoms. The summed E-state index contributed by atoms with van der Waals surface area (Å²) in [7, 11) is 0. The zero-order valence-electron chi connectivity index (χ0n) is 9.58. The van der Waals surface area contributed by atoms with Crippen LogP contribution in [0.25, 0.3) is 16.9 Å². The Balaban J connectivity index is 2.30. The summed E-state index contributed by atoms with van der Waals surface area (Å²) in [6, 6.07) is 7.64. The van der Waals surface area contributed by atoms with Crippen molar-refractivity contribution >= 4 is 17.1 Å². The lowest BCUT2D eigenvalue weighted by molar-refractivity contribution is 0.817. The number of fused-ring (bicyclic) bond motifs is 1. The number of nitrogens with zero attached hydrogens (tertiary/aromatic N) is 4. The van der Waals surface area contributed by atoms with Crippen molar-refractivity contribution in [3.05, 3.63) is 40.2 Å². The van der Waals surface area contributed by atoms with Gasteiger partial charge in [-0.1, -0.05) is 22.9 Å². The first-order valence-electron chi connectivity index (χ1n) is 5.33. The highest BCUT2D eigenvalue weighted by molar-refractivity contribution is 5.71. The Morgan fingerprint density at radius 2 is 2.00 bits per heavy atom. The first kappa shape index (κ1) is 10.5. The van der Waals surface area contributed by atoms with Crippen LogP contribution in [0.4, 0.5) is 5.95 Å². The van der Waals surface area contributed by atoms with Gasteiger partial charge in [-0.3, -0.25) is 9.78 Å². The van der Waals surface area contributed by atoms with Gasteiger partial charge >= 0.3 is 0 Å². The minimum absolute atomic E-state index is 0.0446. The van der Waals surface area contributed by atoms with E-state index < -0.39 is 5.56 Å². The number of nitrogens with one attached hydrogen (secondary N) is 1. The Hall–Kier alpha value is -2.70. The third kappa shape index (κ3) is 1.53. The highest BCUT2D eigenvalue weighted by Crippen LogP contribution is 2.12. The van der Waals surface area contributed by atoms with Gasteiger partial charge in [-0.25, -0.2) is 0 Å². The molecule has 7 nitrogen and oxygen atoms in total. The molecule has 0 radical (unpaired) electrons. The van der Waals surface area contributed by atoms with Crippen molar-refractivity contribution in [1.29, 1.82) is 0 Å². The van der Waals surface area contributed by atoms with Crippen LogP contribution in [0.2, 0.25) is 0 Å². The highest BCUT2D eigenvalue weighted by atomic mass is 16.1. The third-order valence-corrected chi connectivity index (χ3v) is 2.61. The van der Waals surface area contributed by atoms with E-state index in [2.05, 4.69) is 20.3 Å². The summed E-state index contributed by atoms with van der Waals surface area (Å²) in [5.74, 6) is 0.0446. The van der Waals surface area contributed by atoms with Crippen molar-refractivity contribution < 1.29 is 0 Å². The van der Waals surface area contributed by atoms with Crippen molar-refractivity contribution in [2.45, 2.75) is 6.92 Å². The minimum Gasteiger partial charge on any atom is -0.369 e. The summed E-state index contributed by atoms with van der Waals surface area (Å²) in [5.41, 5.74) is 7.56. The molecule has 3 aromatic rings. The second kappa shape index (κ2) is 3.66. The van der Waals surface area contributed by atoms with Crippen molar-refractivity contribution in [2.24, 2.45) is 0 Å². The Kier molecular flexibility index (Phi) is 2.12. The molecule has 90 valence electrons. The summed E-state index contributed by atoms with van der Waals surface area (Å²) in [6.45, 7) is 1.99. The molecular weight excluding hydrogens is 232 g/mol. The maximum absolute atomic E-state index is 11.6. The number of hydrogen-bond donors (Lipinski definition) is 2. The first-order chi connectivity index (χ1) is 8.65. The van der Waals surface area contributed by atoms with Gasteiger partial charge in [-0.2, -0.15) is 9.67 Å². The van der Waals surface area contributed by atoms with Gasteiger partial charge in [0.15, 0.2) is 11.2 Å². The molecule has 0 saturated carbocycles. The number of aryl methyl sites for hydroxylation is 1. The predicted octanol–water partition coefficient (Wildman–Crippen LogP) is 0.394. The van der Waals surface area contributed by atoms with Gasteiger partial charge in [0.05, 0.1) is 5.69 Å². The quantitative estimate of drug-likeness (QED) is 0.642. The normalized spacial score (nSPS) is 10.9. The van der Waals surface area contributed by atoms with E-state index in [0.717, 1.165) is 11.3 Å². The molecule has 0 aliphatic heterocycles. The summed E-state index contributed by atoms with van der Waals surface area (Å²) >= 11 is 0. The van der Waals surface area contributed by atoms with E-state index in [9.17, 15) is 4.79 Å². The Morgan fingerprint density at radius 3 is 2.72 bits per heavy atom. The number of anilines is 1. The highest BCUT2D eigenvalue weighted by Gasteiger charge is 2.11. The Bertz CT molecular complexity index is 770. The van der Waals surface area contributed by atoms with E-state index in [1.54, 1.807) is 0 Å². The minimum atomic E-state index is -0.393. The molecule has 0 fully saturated rings. The van der Waals surface area contributed by atoms with Crippen molar-refractivity contribution in [2.75, 3.05) is 5.73 Å². The first-order valence-corrected chi connectivity index (χ1v) is 5.33. The van der Waals surface area contributed by atoms with Crippen LogP contribution in [0.15, 0.2) is 29.1 Å². The van der Waals surface area contributed by atoms with Crippen molar-refractivity contribution in [3.63, 3.8) is 0 Å². The lowest BCUT2D eigenvalue weighted by Gasteiger charge is -2.01. The van der Waals surface area contributed by atoms with Gasteiger partial charge in [0.25, 0.3) is 5.56 Å². The van der Waals surface area contributed by atoms with Gasteiger partial charge in [0.2, 0.25) is 5.95 Å². The predicted molar refractivity (Wildman–Crippen MR) is 66.4 cm³/mol. The lowest BCUT2D eigenvalue weighted by atomic mass is 10.2. The largest absolute Gasteiger partial charge is 0.369 e. The van der Waals surface area contributed by atoms with Gasteiger partial charge in [0.1, 0.15) is 0 Å². The Labute approximate surface area is 101 Å². The van der Waals surface area contributed by atoms with Crippen molar-refractivity contribution in [1.82, 2.24) is 25.0 Å². The SMILES string of the molecule is Cc1ccc(-n2nnc3c(=O)[nH]c(N)nc32)cc1. The zero-order chi connectivity index (χ0) is 12.7. The zero-order valence-corrected chi connectivity index (χ0v) is 9.58.